The Morgan fingerprint density at radius 2 is 1.89 bits per heavy atom. The van der Waals surface area contributed by atoms with Crippen LogP contribution in [0, 0.1) is 0 Å². The Morgan fingerprint density at radius 1 is 1.21 bits per heavy atom. The molecule has 0 fully saturated rings. The smallest absolute Gasteiger partial charge is 0.293 e. The van der Waals surface area contributed by atoms with E-state index in [4.69, 9.17) is 0 Å². The first-order valence-electron chi connectivity index (χ1n) is 5.91. The van der Waals surface area contributed by atoms with Crippen molar-refractivity contribution < 1.29 is 17.9 Å². The van der Waals surface area contributed by atoms with Gasteiger partial charge in [0.05, 0.1) is 17.9 Å². The van der Waals surface area contributed by atoms with Gasteiger partial charge in [0, 0.05) is 11.6 Å². The third-order valence-electron chi connectivity index (χ3n) is 2.46. The third kappa shape index (κ3) is 3.82. The van der Waals surface area contributed by atoms with Gasteiger partial charge in [-0.1, -0.05) is 18.2 Å². The number of carbonyl (C=O) groups excluding carboxylic acids is 1. The number of hydrogen-bond donors (Lipinski definition) is 0. The molecule has 0 amide bonds. The molecule has 0 N–H and O–H groups in total. The van der Waals surface area contributed by atoms with E-state index in [9.17, 15) is 13.2 Å². The summed E-state index contributed by atoms with van der Waals surface area (Å²) in [6, 6.07) is 9.25. The molecular weight excluding hydrogens is 266 g/mol. The van der Waals surface area contributed by atoms with Gasteiger partial charge in [0.15, 0.2) is 0 Å². The highest BCUT2D eigenvalue weighted by Gasteiger charge is 2.11. The molecule has 0 aliphatic heterocycles. The monoisotopic (exact) mass is 283 g/mol. The Bertz CT molecular complexity index is 631. The largest absolute Gasteiger partial charge is 0.468 e. The van der Waals surface area contributed by atoms with Crippen molar-refractivity contribution in [1.29, 1.82) is 0 Å². The van der Waals surface area contributed by atoms with Crippen LogP contribution in [0.25, 0.3) is 10.9 Å². The van der Waals surface area contributed by atoms with Crippen molar-refractivity contribution in [1.82, 2.24) is 3.97 Å². The highest BCUT2D eigenvalue weighted by atomic mass is 32.2. The lowest BCUT2D eigenvalue weighted by molar-refractivity contribution is -0.128. The average molecular weight is 283 g/mol. The average Bonchev–Trinajstić information content (AvgIpc) is 2.85. The normalized spacial score (nSPS) is 10.6. The standard InChI is InChI=1S/C10H11NO2S.C3H6O2/c1-2-14(12,13)11-8-7-9-5-3-4-6-10(9)11;1-2-5-3-4/h3-8H,2H2,1H3;3H,2H2,1H3. The lowest BCUT2D eigenvalue weighted by atomic mass is 10.3. The minimum absolute atomic E-state index is 0.117. The van der Waals surface area contributed by atoms with Gasteiger partial charge in [0.1, 0.15) is 0 Å². The van der Waals surface area contributed by atoms with Crippen LogP contribution < -0.4 is 0 Å². The van der Waals surface area contributed by atoms with Crippen LogP contribution >= 0.6 is 0 Å². The molecule has 0 atom stereocenters. The number of benzene rings is 1. The molecule has 2 rings (SSSR count). The van der Waals surface area contributed by atoms with E-state index in [0.717, 1.165) is 10.9 Å². The van der Waals surface area contributed by atoms with Crippen LogP contribution in [0.15, 0.2) is 36.5 Å². The van der Waals surface area contributed by atoms with Crippen molar-refractivity contribution in [2.75, 3.05) is 12.4 Å². The van der Waals surface area contributed by atoms with E-state index in [2.05, 4.69) is 4.74 Å². The molecule has 1 aromatic heterocycles. The Kier molecular flexibility index (Phi) is 5.57. The second-order valence-electron chi connectivity index (χ2n) is 3.62. The first kappa shape index (κ1) is 15.2. The molecule has 1 aromatic carbocycles. The predicted molar refractivity (Wildman–Crippen MR) is 74.5 cm³/mol. The summed E-state index contributed by atoms with van der Waals surface area (Å²) in [5, 5.41) is 0.949. The van der Waals surface area contributed by atoms with E-state index in [1.54, 1.807) is 20.0 Å². The summed E-state index contributed by atoms with van der Waals surface area (Å²) >= 11 is 0. The van der Waals surface area contributed by atoms with Crippen molar-refractivity contribution in [3.63, 3.8) is 0 Å². The fraction of sp³-hybridized carbons (Fsp3) is 0.308. The third-order valence-corrected chi connectivity index (χ3v) is 4.11. The van der Waals surface area contributed by atoms with Gasteiger partial charge in [-0.2, -0.15) is 0 Å². The maximum Gasteiger partial charge on any atom is 0.293 e. The van der Waals surface area contributed by atoms with E-state index < -0.39 is 10.0 Å². The highest BCUT2D eigenvalue weighted by molar-refractivity contribution is 7.90. The van der Waals surface area contributed by atoms with Gasteiger partial charge >= 0.3 is 0 Å². The van der Waals surface area contributed by atoms with Crippen LogP contribution in [-0.4, -0.2) is 31.2 Å². The van der Waals surface area contributed by atoms with Gasteiger partial charge in [-0.25, -0.2) is 12.4 Å². The molecule has 0 aliphatic rings. The Morgan fingerprint density at radius 3 is 2.42 bits per heavy atom. The van der Waals surface area contributed by atoms with E-state index in [1.165, 1.54) is 3.97 Å². The first-order valence-corrected chi connectivity index (χ1v) is 7.52. The van der Waals surface area contributed by atoms with E-state index >= 15 is 0 Å². The Hall–Kier alpha value is -1.82. The summed E-state index contributed by atoms with van der Waals surface area (Å²) < 4.78 is 28.8. The molecule has 0 radical (unpaired) electrons. The molecule has 1 heterocycles. The van der Waals surface area contributed by atoms with Crippen LogP contribution in [0.4, 0.5) is 0 Å². The molecule has 0 saturated carbocycles. The molecule has 0 bridgehead atoms. The fourth-order valence-electron chi connectivity index (χ4n) is 1.51. The number of nitrogens with zero attached hydrogens (tertiary/aromatic N) is 1. The second-order valence-corrected chi connectivity index (χ2v) is 5.76. The summed E-state index contributed by atoms with van der Waals surface area (Å²) in [5.41, 5.74) is 0.745. The Labute approximate surface area is 112 Å². The second kappa shape index (κ2) is 6.94. The number of rotatable bonds is 4. The maximum atomic E-state index is 11.6. The van der Waals surface area contributed by atoms with Crippen molar-refractivity contribution >= 4 is 27.4 Å². The molecule has 0 unspecified atom stereocenters. The summed E-state index contributed by atoms with van der Waals surface area (Å²) in [4.78, 5) is 9.18. The van der Waals surface area contributed by atoms with E-state index in [-0.39, 0.29) is 5.75 Å². The lowest BCUT2D eigenvalue weighted by Crippen LogP contribution is -2.13. The van der Waals surface area contributed by atoms with Crippen LogP contribution in [0.5, 0.6) is 0 Å². The number of fused-ring (bicyclic) bond motifs is 1. The zero-order valence-corrected chi connectivity index (χ0v) is 11.8. The zero-order chi connectivity index (χ0) is 14.3. The van der Waals surface area contributed by atoms with Gasteiger partial charge in [-0.3, -0.25) is 4.79 Å². The van der Waals surface area contributed by atoms with E-state index in [0.29, 0.717) is 13.1 Å². The van der Waals surface area contributed by atoms with Crippen molar-refractivity contribution in [2.45, 2.75) is 13.8 Å². The lowest BCUT2D eigenvalue weighted by Gasteiger charge is -2.03. The van der Waals surface area contributed by atoms with Crippen molar-refractivity contribution in [2.24, 2.45) is 0 Å². The number of para-hydroxylation sites is 1. The Balaban J connectivity index is 0.000000312. The van der Waals surface area contributed by atoms with Gasteiger partial charge < -0.3 is 4.74 Å². The fourth-order valence-corrected chi connectivity index (χ4v) is 2.50. The van der Waals surface area contributed by atoms with Gasteiger partial charge in [-0.15, -0.1) is 0 Å². The highest BCUT2D eigenvalue weighted by Crippen LogP contribution is 2.17. The zero-order valence-electron chi connectivity index (χ0n) is 10.9. The van der Waals surface area contributed by atoms with Gasteiger partial charge in [0.25, 0.3) is 6.47 Å². The number of ether oxygens (including phenoxy) is 1. The predicted octanol–water partition coefficient (Wildman–Crippen LogP) is 2.02. The molecule has 0 saturated heterocycles. The summed E-state index contributed by atoms with van der Waals surface area (Å²) in [5.74, 6) is 0.117. The first-order chi connectivity index (χ1) is 9.06. The van der Waals surface area contributed by atoms with Crippen LogP contribution in [-0.2, 0) is 19.6 Å². The molecule has 5 nitrogen and oxygen atoms in total. The molecule has 0 aliphatic carbocycles. The summed E-state index contributed by atoms with van der Waals surface area (Å²) in [6.45, 7) is 4.31. The van der Waals surface area contributed by atoms with Gasteiger partial charge in [0.2, 0.25) is 10.0 Å². The topological polar surface area (TPSA) is 65.4 Å². The maximum absolute atomic E-state index is 11.6. The number of aromatic nitrogens is 1. The van der Waals surface area contributed by atoms with Crippen LogP contribution in [0.1, 0.15) is 13.8 Å². The summed E-state index contributed by atoms with van der Waals surface area (Å²) in [6.07, 6.45) is 1.60. The van der Waals surface area contributed by atoms with Crippen molar-refractivity contribution in [3.05, 3.63) is 36.5 Å². The molecule has 6 heteroatoms. The van der Waals surface area contributed by atoms with E-state index in [1.807, 2.05) is 30.3 Å². The molecule has 19 heavy (non-hydrogen) atoms. The number of hydrogen-bond acceptors (Lipinski definition) is 4. The molecule has 2 aromatic rings. The molecule has 0 spiro atoms. The van der Waals surface area contributed by atoms with Crippen molar-refractivity contribution in [3.8, 4) is 0 Å². The van der Waals surface area contributed by atoms with Gasteiger partial charge in [-0.05, 0) is 26.0 Å². The minimum atomic E-state index is -3.16. The molecular formula is C13H17NO4S. The minimum Gasteiger partial charge on any atom is -0.468 e. The SMILES string of the molecule is CCOC=O.CCS(=O)(=O)n1ccc2ccccc21. The van der Waals surface area contributed by atoms with Crippen LogP contribution in [0.3, 0.4) is 0 Å². The quantitative estimate of drug-likeness (QED) is 0.805. The number of carbonyl (C=O) groups is 1. The van der Waals surface area contributed by atoms with Crippen LogP contribution in [0.2, 0.25) is 0 Å². The summed E-state index contributed by atoms with van der Waals surface area (Å²) in [7, 11) is -3.16. The molecule has 104 valence electrons.